The van der Waals surface area contributed by atoms with Crippen molar-refractivity contribution in [2.75, 3.05) is 32.9 Å². The molecule has 0 fully saturated rings. The van der Waals surface area contributed by atoms with Crippen LogP contribution in [-0.2, 0) is 0 Å². The van der Waals surface area contributed by atoms with E-state index >= 15 is 0 Å². The van der Waals surface area contributed by atoms with E-state index in [1.165, 1.54) is 0 Å². The summed E-state index contributed by atoms with van der Waals surface area (Å²) >= 11 is 0. The van der Waals surface area contributed by atoms with Crippen LogP contribution in [0.25, 0.3) is 0 Å². The van der Waals surface area contributed by atoms with Gasteiger partial charge in [0.2, 0.25) is 5.75 Å². The fraction of sp³-hybridized carbons (Fsp3) is 0.364. The van der Waals surface area contributed by atoms with Crippen molar-refractivity contribution in [3.05, 3.63) is 53.6 Å². The second-order valence-electron chi connectivity index (χ2n) is 5.98. The zero-order valence-corrected chi connectivity index (χ0v) is 17.1. The summed E-state index contributed by atoms with van der Waals surface area (Å²) in [6.45, 7) is 7.51. The Balaban J connectivity index is 2.01. The fourth-order valence-corrected chi connectivity index (χ4v) is 2.67. The summed E-state index contributed by atoms with van der Waals surface area (Å²) in [7, 11) is 0. The lowest BCUT2D eigenvalue weighted by Crippen LogP contribution is -2.34. The number of rotatable bonds is 11. The lowest BCUT2D eigenvalue weighted by atomic mass is 10.1. The molecule has 0 bridgehead atoms. The van der Waals surface area contributed by atoms with Gasteiger partial charge < -0.3 is 24.8 Å². The summed E-state index contributed by atoms with van der Waals surface area (Å²) < 4.78 is 16.9. The normalized spacial score (nSPS) is 10.2. The van der Waals surface area contributed by atoms with Gasteiger partial charge in [-0.3, -0.25) is 9.59 Å². The molecule has 156 valence electrons. The second-order valence-corrected chi connectivity index (χ2v) is 5.98. The minimum Gasteiger partial charge on any atom is -0.490 e. The molecule has 0 aliphatic rings. The average molecular weight is 400 g/mol. The van der Waals surface area contributed by atoms with E-state index in [2.05, 4.69) is 10.6 Å². The van der Waals surface area contributed by atoms with Crippen molar-refractivity contribution in [2.45, 2.75) is 20.8 Å². The summed E-state index contributed by atoms with van der Waals surface area (Å²) in [6.07, 6.45) is 0. The maximum absolute atomic E-state index is 12.6. The van der Waals surface area contributed by atoms with Crippen molar-refractivity contribution in [2.24, 2.45) is 0 Å². The highest BCUT2D eigenvalue weighted by Crippen LogP contribution is 2.39. The third-order valence-corrected chi connectivity index (χ3v) is 3.90. The smallest absolute Gasteiger partial charge is 0.251 e. The molecule has 2 aromatic carbocycles. The summed E-state index contributed by atoms with van der Waals surface area (Å²) in [5.74, 6) is 0.940. The summed E-state index contributed by atoms with van der Waals surface area (Å²) in [5.41, 5.74) is 0.975. The highest BCUT2D eigenvalue weighted by atomic mass is 16.5. The van der Waals surface area contributed by atoms with Gasteiger partial charge in [-0.25, -0.2) is 0 Å². The number of carbonyl (C=O) groups excluding carboxylic acids is 2. The molecular weight excluding hydrogens is 372 g/mol. The fourth-order valence-electron chi connectivity index (χ4n) is 2.67. The Bertz CT molecular complexity index is 781. The van der Waals surface area contributed by atoms with Crippen LogP contribution in [-0.4, -0.2) is 44.7 Å². The van der Waals surface area contributed by atoms with E-state index in [1.54, 1.807) is 36.4 Å². The molecule has 0 aromatic heterocycles. The topological polar surface area (TPSA) is 85.9 Å². The molecule has 2 amide bonds. The third kappa shape index (κ3) is 6.41. The van der Waals surface area contributed by atoms with E-state index in [-0.39, 0.29) is 11.8 Å². The van der Waals surface area contributed by atoms with Gasteiger partial charge in [0, 0.05) is 24.2 Å². The molecule has 0 saturated heterocycles. The maximum Gasteiger partial charge on any atom is 0.251 e. The van der Waals surface area contributed by atoms with Crippen LogP contribution in [0.2, 0.25) is 0 Å². The summed E-state index contributed by atoms with van der Waals surface area (Å²) in [6, 6.07) is 12.2. The van der Waals surface area contributed by atoms with Crippen LogP contribution in [0.5, 0.6) is 17.2 Å². The number of benzene rings is 2. The molecule has 2 rings (SSSR count). The first-order chi connectivity index (χ1) is 14.1. The van der Waals surface area contributed by atoms with Crippen LogP contribution in [0.1, 0.15) is 41.5 Å². The van der Waals surface area contributed by atoms with E-state index in [1.807, 2.05) is 26.8 Å². The van der Waals surface area contributed by atoms with Crippen molar-refractivity contribution in [1.82, 2.24) is 10.6 Å². The number of ether oxygens (including phenoxy) is 3. The van der Waals surface area contributed by atoms with Gasteiger partial charge in [0.1, 0.15) is 0 Å². The Morgan fingerprint density at radius 3 is 1.69 bits per heavy atom. The first kappa shape index (κ1) is 22.1. The lowest BCUT2D eigenvalue weighted by Gasteiger charge is -2.17. The molecule has 0 unspecified atom stereocenters. The van der Waals surface area contributed by atoms with Crippen LogP contribution in [0.3, 0.4) is 0 Å². The van der Waals surface area contributed by atoms with Crippen molar-refractivity contribution in [3.8, 4) is 17.2 Å². The third-order valence-electron chi connectivity index (χ3n) is 3.90. The van der Waals surface area contributed by atoms with Crippen LogP contribution in [0.4, 0.5) is 0 Å². The van der Waals surface area contributed by atoms with Gasteiger partial charge in [-0.05, 0) is 45.0 Å². The van der Waals surface area contributed by atoms with Gasteiger partial charge >= 0.3 is 0 Å². The molecule has 7 heteroatoms. The van der Waals surface area contributed by atoms with Gasteiger partial charge in [-0.2, -0.15) is 0 Å². The van der Waals surface area contributed by atoms with E-state index in [0.29, 0.717) is 61.3 Å². The zero-order valence-electron chi connectivity index (χ0n) is 17.1. The van der Waals surface area contributed by atoms with Crippen LogP contribution in [0.15, 0.2) is 42.5 Å². The quantitative estimate of drug-likeness (QED) is 0.566. The molecule has 0 atom stereocenters. The monoisotopic (exact) mass is 400 g/mol. The largest absolute Gasteiger partial charge is 0.490 e. The molecule has 29 heavy (non-hydrogen) atoms. The summed E-state index contributed by atoms with van der Waals surface area (Å²) in [5, 5.41) is 5.56. The molecular formula is C22H28N2O5. The Hall–Kier alpha value is -3.22. The highest BCUT2D eigenvalue weighted by Gasteiger charge is 2.18. The molecule has 2 N–H and O–H groups in total. The molecule has 0 spiro atoms. The highest BCUT2D eigenvalue weighted by molar-refractivity contribution is 5.96. The van der Waals surface area contributed by atoms with E-state index in [4.69, 9.17) is 14.2 Å². The van der Waals surface area contributed by atoms with Crippen LogP contribution in [0, 0.1) is 0 Å². The minimum absolute atomic E-state index is 0.182. The van der Waals surface area contributed by atoms with Crippen molar-refractivity contribution >= 4 is 11.8 Å². The number of carbonyl (C=O) groups is 2. The predicted molar refractivity (Wildman–Crippen MR) is 111 cm³/mol. The van der Waals surface area contributed by atoms with Gasteiger partial charge in [-0.1, -0.05) is 18.2 Å². The first-order valence-electron chi connectivity index (χ1n) is 9.78. The maximum atomic E-state index is 12.6. The minimum atomic E-state index is -0.288. The van der Waals surface area contributed by atoms with Gasteiger partial charge in [0.05, 0.1) is 19.8 Å². The Kier molecular flexibility index (Phi) is 8.82. The Labute approximate surface area is 171 Å². The number of amides is 2. The summed E-state index contributed by atoms with van der Waals surface area (Å²) in [4.78, 5) is 24.6. The molecule has 0 aliphatic carbocycles. The molecule has 0 saturated carbocycles. The average Bonchev–Trinajstić information content (AvgIpc) is 2.74. The first-order valence-corrected chi connectivity index (χ1v) is 9.78. The number of nitrogens with one attached hydrogen (secondary N) is 2. The Morgan fingerprint density at radius 2 is 1.21 bits per heavy atom. The molecule has 0 radical (unpaired) electrons. The standard InChI is InChI=1S/C22H28N2O5/c1-4-27-18-14-17(15-19(28-5-2)20(18)29-6-3)22(26)24-13-12-23-21(25)16-10-8-7-9-11-16/h7-11,14-15H,4-6,12-13H2,1-3H3,(H,23,25)(H,24,26). The van der Waals surface area contributed by atoms with Gasteiger partial charge in [-0.15, -0.1) is 0 Å². The molecule has 2 aromatic rings. The van der Waals surface area contributed by atoms with Crippen molar-refractivity contribution in [3.63, 3.8) is 0 Å². The molecule has 0 heterocycles. The van der Waals surface area contributed by atoms with Crippen LogP contribution >= 0.6 is 0 Å². The SMILES string of the molecule is CCOc1cc(C(=O)NCCNC(=O)c2ccccc2)cc(OCC)c1OCC. The van der Waals surface area contributed by atoms with E-state index in [0.717, 1.165) is 0 Å². The van der Waals surface area contributed by atoms with Gasteiger partial charge in [0.25, 0.3) is 11.8 Å². The van der Waals surface area contributed by atoms with E-state index in [9.17, 15) is 9.59 Å². The second kappa shape index (κ2) is 11.6. The van der Waals surface area contributed by atoms with Crippen LogP contribution < -0.4 is 24.8 Å². The molecule has 0 aliphatic heterocycles. The zero-order chi connectivity index (χ0) is 21.1. The van der Waals surface area contributed by atoms with E-state index < -0.39 is 0 Å². The number of hydrogen-bond acceptors (Lipinski definition) is 5. The lowest BCUT2D eigenvalue weighted by molar-refractivity contribution is 0.0927. The van der Waals surface area contributed by atoms with Crippen molar-refractivity contribution in [1.29, 1.82) is 0 Å². The predicted octanol–water partition coefficient (Wildman–Crippen LogP) is 3.04. The number of hydrogen-bond donors (Lipinski definition) is 2. The Morgan fingerprint density at radius 1 is 0.724 bits per heavy atom. The van der Waals surface area contributed by atoms with Gasteiger partial charge in [0.15, 0.2) is 11.5 Å². The molecule has 7 nitrogen and oxygen atoms in total. The van der Waals surface area contributed by atoms with Crippen molar-refractivity contribution < 1.29 is 23.8 Å².